The van der Waals surface area contributed by atoms with Crippen LogP contribution in [0, 0.1) is 11.3 Å². The lowest BCUT2D eigenvalue weighted by molar-refractivity contribution is 0.143. The zero-order valence-corrected chi connectivity index (χ0v) is 8.92. The molecule has 1 unspecified atom stereocenters. The molecule has 2 aliphatic rings. The van der Waals surface area contributed by atoms with Crippen LogP contribution in [-0.4, -0.2) is 31.1 Å². The van der Waals surface area contributed by atoms with Gasteiger partial charge in [-0.2, -0.15) is 0 Å². The molecule has 1 heterocycles. The Labute approximate surface area is 81.5 Å². The molecule has 1 aliphatic heterocycles. The van der Waals surface area contributed by atoms with Gasteiger partial charge in [0, 0.05) is 6.04 Å². The normalized spacial score (nSPS) is 31.6. The molecule has 1 aliphatic carbocycles. The van der Waals surface area contributed by atoms with E-state index in [0.29, 0.717) is 11.5 Å². The van der Waals surface area contributed by atoms with E-state index in [-0.39, 0.29) is 0 Å². The summed E-state index contributed by atoms with van der Waals surface area (Å²) >= 11 is 0. The van der Waals surface area contributed by atoms with Crippen LogP contribution < -0.4 is 5.73 Å². The summed E-state index contributed by atoms with van der Waals surface area (Å²) in [7, 11) is 2.22. The van der Waals surface area contributed by atoms with E-state index in [2.05, 4.69) is 18.9 Å². The number of piperidine rings is 1. The van der Waals surface area contributed by atoms with Crippen LogP contribution >= 0.6 is 0 Å². The van der Waals surface area contributed by atoms with E-state index in [1.807, 2.05) is 0 Å². The lowest BCUT2D eigenvalue weighted by atomic mass is 9.78. The average molecular weight is 182 g/mol. The Balaban J connectivity index is 1.94. The highest BCUT2D eigenvalue weighted by Gasteiger charge is 2.51. The molecule has 0 bridgehead atoms. The van der Waals surface area contributed by atoms with Crippen molar-refractivity contribution in [2.24, 2.45) is 17.1 Å². The molecule has 2 N–H and O–H groups in total. The van der Waals surface area contributed by atoms with Gasteiger partial charge in [-0.05, 0) is 64.1 Å². The van der Waals surface area contributed by atoms with E-state index in [9.17, 15) is 0 Å². The maximum absolute atomic E-state index is 6.08. The Bertz CT molecular complexity index is 177. The highest BCUT2D eigenvalue weighted by atomic mass is 15.1. The molecule has 0 aromatic carbocycles. The monoisotopic (exact) mass is 182 g/mol. The molecule has 76 valence electrons. The number of rotatable bonds is 2. The minimum absolute atomic E-state index is 0.418. The third kappa shape index (κ3) is 1.62. The zero-order chi connectivity index (χ0) is 9.47. The molecule has 1 atom stereocenters. The summed E-state index contributed by atoms with van der Waals surface area (Å²) in [5.41, 5.74) is 6.64. The predicted octanol–water partition coefficient (Wildman–Crippen LogP) is 1.46. The molecule has 1 saturated heterocycles. The lowest BCUT2D eigenvalue weighted by Crippen LogP contribution is -2.40. The Morgan fingerprint density at radius 3 is 2.23 bits per heavy atom. The fourth-order valence-electron chi connectivity index (χ4n) is 2.96. The highest BCUT2D eigenvalue weighted by Crippen LogP contribution is 2.56. The van der Waals surface area contributed by atoms with Gasteiger partial charge in [-0.15, -0.1) is 0 Å². The Kier molecular flexibility index (Phi) is 2.37. The van der Waals surface area contributed by atoms with Gasteiger partial charge in [-0.3, -0.25) is 0 Å². The fourth-order valence-corrected chi connectivity index (χ4v) is 2.96. The molecule has 2 nitrogen and oxygen atoms in total. The maximum Gasteiger partial charge on any atom is 0.00697 e. The van der Waals surface area contributed by atoms with Gasteiger partial charge in [0.2, 0.25) is 0 Å². The van der Waals surface area contributed by atoms with Gasteiger partial charge in [0.05, 0.1) is 0 Å². The van der Waals surface area contributed by atoms with Gasteiger partial charge in [-0.1, -0.05) is 0 Å². The molecular formula is C11H22N2. The molecule has 2 heteroatoms. The molecular weight excluding hydrogens is 160 g/mol. The van der Waals surface area contributed by atoms with Crippen molar-refractivity contribution in [3.63, 3.8) is 0 Å². The van der Waals surface area contributed by atoms with E-state index in [1.54, 1.807) is 0 Å². The van der Waals surface area contributed by atoms with E-state index < -0.39 is 0 Å². The molecule has 0 spiro atoms. The van der Waals surface area contributed by atoms with Gasteiger partial charge in [0.1, 0.15) is 0 Å². The van der Waals surface area contributed by atoms with Crippen molar-refractivity contribution in [3.05, 3.63) is 0 Å². The number of hydrogen-bond donors (Lipinski definition) is 1. The molecule has 2 fully saturated rings. The largest absolute Gasteiger partial charge is 0.327 e. The van der Waals surface area contributed by atoms with Gasteiger partial charge in [-0.25, -0.2) is 0 Å². The van der Waals surface area contributed by atoms with Crippen LogP contribution in [0.1, 0.15) is 32.6 Å². The molecule has 13 heavy (non-hydrogen) atoms. The maximum atomic E-state index is 6.08. The number of nitrogens with zero attached hydrogens (tertiary/aromatic N) is 1. The SMILES string of the molecule is CC(N)C1(C2CCN(C)CC2)CC1. The molecule has 2 rings (SSSR count). The number of nitrogens with two attached hydrogens (primary N) is 1. The van der Waals surface area contributed by atoms with Crippen LogP contribution in [0.5, 0.6) is 0 Å². The summed E-state index contributed by atoms with van der Waals surface area (Å²) in [6.45, 7) is 4.75. The Hall–Kier alpha value is -0.0800. The summed E-state index contributed by atoms with van der Waals surface area (Å²) in [6.07, 6.45) is 5.52. The van der Waals surface area contributed by atoms with E-state index >= 15 is 0 Å². The van der Waals surface area contributed by atoms with Crippen molar-refractivity contribution in [3.8, 4) is 0 Å². The predicted molar refractivity (Wildman–Crippen MR) is 55.5 cm³/mol. The second-order valence-electron chi connectivity index (χ2n) is 5.10. The van der Waals surface area contributed by atoms with Crippen LogP contribution in [0.2, 0.25) is 0 Å². The van der Waals surface area contributed by atoms with Crippen molar-refractivity contribution >= 4 is 0 Å². The van der Waals surface area contributed by atoms with Gasteiger partial charge >= 0.3 is 0 Å². The second-order valence-corrected chi connectivity index (χ2v) is 5.10. The fraction of sp³-hybridized carbons (Fsp3) is 1.00. The third-order valence-electron chi connectivity index (χ3n) is 4.27. The standard InChI is InChI=1S/C11H22N2/c1-9(12)11(5-6-11)10-3-7-13(2)8-4-10/h9-10H,3-8,12H2,1-2H3. The first-order valence-electron chi connectivity index (χ1n) is 5.59. The molecule has 0 amide bonds. The number of hydrogen-bond acceptors (Lipinski definition) is 2. The lowest BCUT2D eigenvalue weighted by Gasteiger charge is -2.36. The third-order valence-corrected chi connectivity index (χ3v) is 4.27. The molecule has 1 saturated carbocycles. The van der Waals surface area contributed by atoms with Gasteiger partial charge in [0.25, 0.3) is 0 Å². The van der Waals surface area contributed by atoms with Crippen LogP contribution in [0.3, 0.4) is 0 Å². The van der Waals surface area contributed by atoms with E-state index in [4.69, 9.17) is 5.73 Å². The van der Waals surface area contributed by atoms with Crippen molar-refractivity contribution in [2.45, 2.75) is 38.6 Å². The average Bonchev–Trinajstić information content (AvgIpc) is 2.86. The summed E-state index contributed by atoms with van der Waals surface area (Å²) in [5.74, 6) is 0.920. The second kappa shape index (κ2) is 3.25. The molecule has 0 aromatic rings. The van der Waals surface area contributed by atoms with Crippen molar-refractivity contribution in [2.75, 3.05) is 20.1 Å². The first-order valence-corrected chi connectivity index (χ1v) is 5.59. The smallest absolute Gasteiger partial charge is 0.00697 e. The first-order chi connectivity index (χ1) is 6.15. The minimum Gasteiger partial charge on any atom is -0.327 e. The molecule has 0 radical (unpaired) electrons. The number of likely N-dealkylation sites (tertiary alicyclic amines) is 1. The Morgan fingerprint density at radius 1 is 1.31 bits per heavy atom. The van der Waals surface area contributed by atoms with Crippen molar-refractivity contribution in [1.82, 2.24) is 4.90 Å². The summed E-state index contributed by atoms with van der Waals surface area (Å²) < 4.78 is 0. The summed E-state index contributed by atoms with van der Waals surface area (Å²) in [4.78, 5) is 2.44. The van der Waals surface area contributed by atoms with Crippen LogP contribution in [0.4, 0.5) is 0 Å². The summed E-state index contributed by atoms with van der Waals surface area (Å²) in [6, 6.07) is 0.418. The van der Waals surface area contributed by atoms with Gasteiger partial charge < -0.3 is 10.6 Å². The van der Waals surface area contributed by atoms with Crippen molar-refractivity contribution in [1.29, 1.82) is 0 Å². The first kappa shape index (κ1) is 9.47. The topological polar surface area (TPSA) is 29.3 Å². The zero-order valence-electron chi connectivity index (χ0n) is 8.92. The van der Waals surface area contributed by atoms with Crippen LogP contribution in [0.25, 0.3) is 0 Å². The van der Waals surface area contributed by atoms with Crippen LogP contribution in [-0.2, 0) is 0 Å². The van der Waals surface area contributed by atoms with Gasteiger partial charge in [0.15, 0.2) is 0 Å². The molecule has 0 aromatic heterocycles. The van der Waals surface area contributed by atoms with Crippen molar-refractivity contribution < 1.29 is 0 Å². The quantitative estimate of drug-likeness (QED) is 0.700. The van der Waals surface area contributed by atoms with E-state index in [0.717, 1.165) is 5.92 Å². The highest BCUT2D eigenvalue weighted by molar-refractivity contribution is 5.04. The Morgan fingerprint density at radius 2 is 1.85 bits per heavy atom. The minimum atomic E-state index is 0.418. The summed E-state index contributed by atoms with van der Waals surface area (Å²) in [5, 5.41) is 0. The van der Waals surface area contributed by atoms with E-state index in [1.165, 1.54) is 38.8 Å². The van der Waals surface area contributed by atoms with Crippen LogP contribution in [0.15, 0.2) is 0 Å².